The Morgan fingerprint density at radius 1 is 0.968 bits per heavy atom. The van der Waals surface area contributed by atoms with Crippen molar-refractivity contribution in [2.45, 2.75) is 26.4 Å². The van der Waals surface area contributed by atoms with Crippen LogP contribution in [0, 0.1) is 0 Å². The van der Waals surface area contributed by atoms with E-state index in [1.54, 1.807) is 0 Å². The molecule has 3 aromatic rings. The van der Waals surface area contributed by atoms with Crippen LogP contribution >= 0.6 is 0 Å². The van der Waals surface area contributed by atoms with Crippen molar-refractivity contribution < 1.29 is 9.59 Å². The summed E-state index contributed by atoms with van der Waals surface area (Å²) in [7, 11) is 0. The van der Waals surface area contributed by atoms with Gasteiger partial charge in [-0.1, -0.05) is 36.4 Å². The average Bonchev–Trinajstić information content (AvgIpc) is 3.28. The van der Waals surface area contributed by atoms with Gasteiger partial charge in [-0.25, -0.2) is 0 Å². The number of para-hydroxylation sites is 2. The number of anilines is 1. The molecule has 2 aromatic carbocycles. The molecule has 1 aromatic heterocycles. The monoisotopic (exact) mass is 412 g/mol. The normalized spacial score (nSPS) is 18.9. The second-order valence-corrected chi connectivity index (χ2v) is 8.07. The van der Waals surface area contributed by atoms with Gasteiger partial charge < -0.3 is 4.57 Å². The van der Waals surface area contributed by atoms with Crippen LogP contribution in [-0.2, 0) is 16.3 Å². The van der Waals surface area contributed by atoms with E-state index in [0.717, 1.165) is 41.9 Å². The molecule has 6 heteroatoms. The molecule has 6 nitrogen and oxygen atoms in total. The lowest BCUT2D eigenvalue weighted by Crippen LogP contribution is -2.35. The van der Waals surface area contributed by atoms with E-state index in [1.807, 2.05) is 55.5 Å². The fourth-order valence-electron chi connectivity index (χ4n) is 4.25. The maximum Gasteiger partial charge on any atom is 0.280 e. The quantitative estimate of drug-likeness (QED) is 0.607. The van der Waals surface area contributed by atoms with Gasteiger partial charge in [0.15, 0.2) is 0 Å². The van der Waals surface area contributed by atoms with Crippen molar-refractivity contribution in [1.82, 2.24) is 9.47 Å². The zero-order valence-electron chi connectivity index (χ0n) is 17.5. The molecule has 2 aliphatic rings. The lowest BCUT2D eigenvalue weighted by atomic mass is 10.1. The largest absolute Gasteiger partial charge is 0.333 e. The van der Waals surface area contributed by atoms with E-state index in [2.05, 4.69) is 32.9 Å². The summed E-state index contributed by atoms with van der Waals surface area (Å²) in [6, 6.07) is 17.7. The van der Waals surface area contributed by atoms with Gasteiger partial charge in [0.25, 0.3) is 5.91 Å². The summed E-state index contributed by atoms with van der Waals surface area (Å²) in [6.07, 6.45) is 5.29. The van der Waals surface area contributed by atoms with E-state index in [0.29, 0.717) is 29.9 Å². The van der Waals surface area contributed by atoms with Crippen LogP contribution in [0.25, 0.3) is 17.0 Å². The number of Topliss-reactive ketones (excluding diaryl/α,β-unsaturated/α-hetero) is 1. The summed E-state index contributed by atoms with van der Waals surface area (Å²) in [5.74, 6) is 0.228. The van der Waals surface area contributed by atoms with Gasteiger partial charge in [-0.3, -0.25) is 14.5 Å². The summed E-state index contributed by atoms with van der Waals surface area (Å²) in [5.41, 5.74) is 4.19. The Labute approximate surface area is 181 Å². The molecule has 1 fully saturated rings. The molecule has 5 rings (SSSR count). The first-order valence-electron chi connectivity index (χ1n) is 10.6. The second-order valence-electron chi connectivity index (χ2n) is 8.07. The van der Waals surface area contributed by atoms with Crippen LogP contribution in [0.1, 0.15) is 25.3 Å². The average molecular weight is 412 g/mol. The van der Waals surface area contributed by atoms with Crippen LogP contribution < -0.4 is 5.01 Å². The highest BCUT2D eigenvalue weighted by molar-refractivity contribution is 6.32. The Hall–Kier alpha value is -3.51. The molecule has 1 saturated heterocycles. The predicted molar refractivity (Wildman–Crippen MR) is 123 cm³/mol. The maximum absolute atomic E-state index is 13.1. The summed E-state index contributed by atoms with van der Waals surface area (Å²) in [6.45, 7) is 4.18. The molecule has 31 heavy (non-hydrogen) atoms. The highest BCUT2D eigenvalue weighted by Gasteiger charge is 2.29. The Kier molecular flexibility index (Phi) is 5.00. The third-order valence-corrected chi connectivity index (χ3v) is 5.95. The molecule has 0 aliphatic carbocycles. The van der Waals surface area contributed by atoms with E-state index in [4.69, 9.17) is 0 Å². The number of hydrazone groups is 1. The number of likely N-dealkylation sites (tertiary alicyclic amines) is 1. The van der Waals surface area contributed by atoms with E-state index in [9.17, 15) is 9.59 Å². The van der Waals surface area contributed by atoms with Crippen molar-refractivity contribution in [2.75, 3.05) is 18.1 Å². The molecule has 156 valence electrons. The molecule has 3 heterocycles. The number of carbonyl (C=O) groups is 2. The van der Waals surface area contributed by atoms with Crippen molar-refractivity contribution in [3.8, 4) is 0 Å². The molecule has 0 saturated carbocycles. The highest BCUT2D eigenvalue weighted by atomic mass is 16.2. The fourth-order valence-corrected chi connectivity index (χ4v) is 4.25. The van der Waals surface area contributed by atoms with Gasteiger partial charge in [0.2, 0.25) is 0 Å². The van der Waals surface area contributed by atoms with Crippen molar-refractivity contribution in [2.24, 2.45) is 5.10 Å². The number of aromatic nitrogens is 1. The van der Waals surface area contributed by atoms with Crippen LogP contribution in [0.2, 0.25) is 0 Å². The number of amides is 1. The zero-order valence-corrected chi connectivity index (χ0v) is 17.5. The first-order chi connectivity index (χ1) is 15.1. The number of hydrogen-bond acceptors (Lipinski definition) is 4. The Morgan fingerprint density at radius 3 is 2.45 bits per heavy atom. The zero-order chi connectivity index (χ0) is 21.4. The van der Waals surface area contributed by atoms with Crippen LogP contribution in [0.5, 0.6) is 0 Å². The minimum Gasteiger partial charge on any atom is -0.333 e. The molecule has 0 spiro atoms. The van der Waals surface area contributed by atoms with E-state index < -0.39 is 0 Å². The number of hydrogen-bond donors (Lipinski definition) is 0. The summed E-state index contributed by atoms with van der Waals surface area (Å²) >= 11 is 0. The summed E-state index contributed by atoms with van der Waals surface area (Å²) < 4.78 is 2.21. The third kappa shape index (κ3) is 3.70. The number of rotatable bonds is 4. The van der Waals surface area contributed by atoms with Gasteiger partial charge in [-0.15, -0.1) is 0 Å². The Balaban J connectivity index is 1.48. The number of nitrogens with zero attached hydrogens (tertiary/aromatic N) is 4. The number of benzene rings is 2. The predicted octanol–water partition coefficient (Wildman–Crippen LogP) is 4.07. The molecule has 1 amide bonds. The van der Waals surface area contributed by atoms with Crippen LogP contribution in [0.3, 0.4) is 0 Å². The molecule has 2 aliphatic heterocycles. The van der Waals surface area contributed by atoms with Crippen molar-refractivity contribution in [3.63, 3.8) is 0 Å². The van der Waals surface area contributed by atoms with Crippen molar-refractivity contribution in [1.29, 1.82) is 0 Å². The van der Waals surface area contributed by atoms with Crippen molar-refractivity contribution in [3.05, 3.63) is 71.9 Å². The number of fused-ring (bicyclic) bond motifs is 1. The fraction of sp³-hybridized carbons (Fsp3) is 0.240. The van der Waals surface area contributed by atoms with Gasteiger partial charge in [-0.2, -0.15) is 10.1 Å². The maximum atomic E-state index is 13.1. The molecule has 0 N–H and O–H groups in total. The number of ketones is 1. The van der Waals surface area contributed by atoms with Gasteiger partial charge >= 0.3 is 0 Å². The Morgan fingerprint density at radius 2 is 1.68 bits per heavy atom. The molecule has 0 unspecified atom stereocenters. The first kappa shape index (κ1) is 19.5. The molecule has 0 bridgehead atoms. The standard InChI is InChI=1S/C25H24N4O2/c1-18-23(25(31)29(26-18)20-7-3-2-4-8-20)15-19-16-28(24-10-6-5-9-22(19)24)17-27-13-11-21(30)12-14-27/h2-10,15-16H,11-14,17H2,1H3. The molecule has 0 atom stereocenters. The van der Waals surface area contributed by atoms with Gasteiger partial charge in [0.05, 0.1) is 23.6 Å². The number of carbonyl (C=O) groups excluding carboxylic acids is 2. The Bertz CT molecular complexity index is 1210. The van der Waals surface area contributed by atoms with Crippen LogP contribution in [-0.4, -0.2) is 40.0 Å². The second kappa shape index (κ2) is 7.96. The number of piperidine rings is 1. The van der Waals surface area contributed by atoms with Crippen molar-refractivity contribution >= 4 is 40.1 Å². The SMILES string of the molecule is CC1=NN(c2ccccc2)C(=O)C1=Cc1cn(CN2CCC(=O)CC2)c2ccccc12. The van der Waals surface area contributed by atoms with Gasteiger partial charge in [0, 0.05) is 48.6 Å². The van der Waals surface area contributed by atoms with Crippen LogP contribution in [0.15, 0.2) is 71.5 Å². The van der Waals surface area contributed by atoms with E-state index in [-0.39, 0.29) is 5.91 Å². The topological polar surface area (TPSA) is 57.9 Å². The summed E-state index contributed by atoms with van der Waals surface area (Å²) in [5, 5.41) is 7.05. The summed E-state index contributed by atoms with van der Waals surface area (Å²) in [4.78, 5) is 27.0. The molecular formula is C25H24N4O2. The van der Waals surface area contributed by atoms with E-state index in [1.165, 1.54) is 5.01 Å². The minimum atomic E-state index is -0.116. The van der Waals surface area contributed by atoms with Gasteiger partial charge in [0.1, 0.15) is 5.78 Å². The lowest BCUT2D eigenvalue weighted by Gasteiger charge is -2.26. The van der Waals surface area contributed by atoms with Gasteiger partial charge in [-0.05, 0) is 31.2 Å². The molecule has 0 radical (unpaired) electrons. The lowest BCUT2D eigenvalue weighted by molar-refractivity contribution is -0.121. The third-order valence-electron chi connectivity index (χ3n) is 5.95. The van der Waals surface area contributed by atoms with E-state index >= 15 is 0 Å². The highest BCUT2D eigenvalue weighted by Crippen LogP contribution is 2.28. The smallest absolute Gasteiger partial charge is 0.280 e. The first-order valence-corrected chi connectivity index (χ1v) is 10.6. The van der Waals surface area contributed by atoms with Crippen LogP contribution in [0.4, 0.5) is 5.69 Å². The minimum absolute atomic E-state index is 0.116. The molecular weight excluding hydrogens is 388 g/mol.